The number of rotatable bonds is 4. The van der Waals surface area contributed by atoms with Gasteiger partial charge in [-0.25, -0.2) is 0 Å². The Morgan fingerprint density at radius 3 is 1.41 bits per heavy atom. The minimum absolute atomic E-state index is 0.136. The molecule has 10 nitrogen and oxygen atoms in total. The summed E-state index contributed by atoms with van der Waals surface area (Å²) in [6.45, 7) is 10.8. The lowest BCUT2D eigenvalue weighted by Gasteiger charge is -2.44. The normalized spacial score (nSPS) is 37.6. The molecular formula is C17H34N4O6S2. The second-order valence-electron chi connectivity index (χ2n) is 8.48. The van der Waals surface area contributed by atoms with Crippen LogP contribution >= 0.6 is 0 Å². The first-order valence-electron chi connectivity index (χ1n) is 10.2. The van der Waals surface area contributed by atoms with Gasteiger partial charge < -0.3 is 9.47 Å². The summed E-state index contributed by atoms with van der Waals surface area (Å²) in [5, 5.41) is 0. The Morgan fingerprint density at radius 1 is 0.586 bits per heavy atom. The van der Waals surface area contributed by atoms with E-state index < -0.39 is 26.5 Å². The van der Waals surface area contributed by atoms with Gasteiger partial charge in [0.25, 0.3) is 20.4 Å². The molecule has 3 heterocycles. The van der Waals surface area contributed by atoms with Crippen molar-refractivity contribution in [1.82, 2.24) is 17.2 Å². The number of hydrogen-bond acceptors (Lipinski definition) is 6. The third-order valence-electron chi connectivity index (χ3n) is 5.58. The second kappa shape index (κ2) is 8.65. The molecule has 0 bridgehead atoms. The van der Waals surface area contributed by atoms with Crippen LogP contribution in [0.2, 0.25) is 0 Å². The third kappa shape index (κ3) is 4.95. The van der Waals surface area contributed by atoms with Crippen LogP contribution in [0.15, 0.2) is 0 Å². The topological polar surface area (TPSA) is 99.7 Å². The molecule has 0 saturated carbocycles. The van der Waals surface area contributed by atoms with Gasteiger partial charge in [0, 0.05) is 51.9 Å². The van der Waals surface area contributed by atoms with Crippen molar-refractivity contribution in [2.24, 2.45) is 0 Å². The van der Waals surface area contributed by atoms with Crippen molar-refractivity contribution in [2.45, 2.75) is 65.1 Å². The summed E-state index contributed by atoms with van der Waals surface area (Å²) >= 11 is 0. The number of nitrogens with zero attached hydrogens (tertiary/aromatic N) is 4. The van der Waals surface area contributed by atoms with E-state index in [2.05, 4.69) is 0 Å². The summed E-state index contributed by atoms with van der Waals surface area (Å²) in [4.78, 5) is 0. The van der Waals surface area contributed by atoms with E-state index in [-0.39, 0.29) is 44.1 Å². The first kappa shape index (κ1) is 23.3. The summed E-state index contributed by atoms with van der Waals surface area (Å²) in [5.41, 5.74) is 0. The monoisotopic (exact) mass is 454 g/mol. The van der Waals surface area contributed by atoms with E-state index in [4.69, 9.17) is 9.47 Å². The van der Waals surface area contributed by atoms with E-state index in [1.165, 1.54) is 17.2 Å². The zero-order valence-electron chi connectivity index (χ0n) is 17.9. The maximum Gasteiger partial charge on any atom is 0.282 e. The van der Waals surface area contributed by atoms with Gasteiger partial charge in [0.1, 0.15) is 0 Å². The molecule has 0 unspecified atom stereocenters. The molecule has 12 heteroatoms. The first-order chi connectivity index (χ1) is 13.4. The highest BCUT2D eigenvalue weighted by atomic mass is 32.2. The second-order valence-corrected chi connectivity index (χ2v) is 12.3. The predicted octanol–water partition coefficient (Wildman–Crippen LogP) is -0.299. The molecule has 0 aromatic rings. The van der Waals surface area contributed by atoms with Gasteiger partial charge in [-0.15, -0.1) is 0 Å². The van der Waals surface area contributed by atoms with E-state index >= 15 is 0 Å². The van der Waals surface area contributed by atoms with Crippen LogP contribution in [0.5, 0.6) is 0 Å². The van der Waals surface area contributed by atoms with Crippen LogP contribution in [-0.4, -0.2) is 110 Å². The summed E-state index contributed by atoms with van der Waals surface area (Å²) in [5.74, 6) is 0. The highest BCUT2D eigenvalue weighted by Crippen LogP contribution is 2.25. The fourth-order valence-electron chi connectivity index (χ4n) is 4.41. The molecule has 0 aromatic heterocycles. The van der Waals surface area contributed by atoms with Gasteiger partial charge in [-0.2, -0.15) is 34.1 Å². The van der Waals surface area contributed by atoms with Gasteiger partial charge >= 0.3 is 0 Å². The zero-order chi connectivity index (χ0) is 21.6. The molecule has 5 atom stereocenters. The van der Waals surface area contributed by atoms with E-state index in [1.54, 1.807) is 6.92 Å². The summed E-state index contributed by atoms with van der Waals surface area (Å²) in [6.07, 6.45) is -0.678. The Hall–Kier alpha value is -0.340. The molecule has 3 saturated heterocycles. The van der Waals surface area contributed by atoms with Crippen molar-refractivity contribution in [3.8, 4) is 0 Å². The lowest BCUT2D eigenvalue weighted by atomic mass is 10.3. The van der Waals surface area contributed by atoms with Gasteiger partial charge in [-0.1, -0.05) is 0 Å². The number of morpholine rings is 2. The molecule has 0 N–H and O–H groups in total. The van der Waals surface area contributed by atoms with Crippen LogP contribution in [0.25, 0.3) is 0 Å². The summed E-state index contributed by atoms with van der Waals surface area (Å²) in [6, 6.07) is -0.451. The van der Waals surface area contributed by atoms with E-state index in [1.807, 2.05) is 27.7 Å². The van der Waals surface area contributed by atoms with Crippen LogP contribution in [0, 0.1) is 0 Å². The maximum absolute atomic E-state index is 13.2. The average molecular weight is 455 g/mol. The molecule has 3 rings (SSSR count). The van der Waals surface area contributed by atoms with Crippen molar-refractivity contribution < 1.29 is 26.3 Å². The van der Waals surface area contributed by atoms with Gasteiger partial charge in [0.2, 0.25) is 0 Å². The van der Waals surface area contributed by atoms with E-state index in [0.29, 0.717) is 26.2 Å². The van der Waals surface area contributed by atoms with Crippen molar-refractivity contribution in [3.05, 3.63) is 0 Å². The van der Waals surface area contributed by atoms with Gasteiger partial charge in [-0.3, -0.25) is 0 Å². The largest absolute Gasteiger partial charge is 0.373 e. The molecule has 0 radical (unpaired) electrons. The molecule has 3 aliphatic rings. The Morgan fingerprint density at radius 2 is 1.00 bits per heavy atom. The maximum atomic E-state index is 13.2. The Bertz CT molecular complexity index is 772. The van der Waals surface area contributed by atoms with E-state index in [0.717, 1.165) is 0 Å². The smallest absolute Gasteiger partial charge is 0.282 e. The predicted molar refractivity (Wildman–Crippen MR) is 109 cm³/mol. The highest BCUT2D eigenvalue weighted by molar-refractivity contribution is 7.87. The third-order valence-corrected chi connectivity index (χ3v) is 9.60. The minimum atomic E-state index is -3.68. The molecule has 0 aliphatic carbocycles. The lowest BCUT2D eigenvalue weighted by molar-refractivity contribution is -0.0470. The van der Waals surface area contributed by atoms with Crippen LogP contribution < -0.4 is 0 Å². The molecule has 3 aliphatic heterocycles. The first-order valence-corrected chi connectivity index (χ1v) is 13.0. The van der Waals surface area contributed by atoms with Crippen molar-refractivity contribution in [1.29, 1.82) is 0 Å². The standard InChI is InChI=1S/C17H34N4O6S2/c1-13-8-18(28(22,23)19-9-14(2)26-15(3)10-19)6-7-21(13)29(24,25)20-11-16(4)27-17(5)12-20/h13-17H,6-12H2,1-5H3/t13-,14+,15+,16-,17+/m0/s1. The van der Waals surface area contributed by atoms with Crippen LogP contribution in [0.4, 0.5) is 0 Å². The molecule has 0 aromatic carbocycles. The van der Waals surface area contributed by atoms with Crippen LogP contribution in [0.3, 0.4) is 0 Å². The van der Waals surface area contributed by atoms with Gasteiger partial charge in [-0.05, 0) is 34.6 Å². The summed E-state index contributed by atoms with van der Waals surface area (Å²) < 4.78 is 69.6. The molecule has 0 spiro atoms. The van der Waals surface area contributed by atoms with Crippen molar-refractivity contribution in [3.63, 3.8) is 0 Å². The molecule has 170 valence electrons. The van der Waals surface area contributed by atoms with Crippen molar-refractivity contribution >= 4 is 20.4 Å². The zero-order valence-corrected chi connectivity index (χ0v) is 19.5. The quantitative estimate of drug-likeness (QED) is 0.578. The fourth-order valence-corrected chi connectivity index (χ4v) is 8.18. The Balaban J connectivity index is 1.70. The number of hydrogen-bond donors (Lipinski definition) is 0. The number of piperazine rings is 1. The molecule has 0 amide bonds. The van der Waals surface area contributed by atoms with Gasteiger partial charge in [0.15, 0.2) is 0 Å². The molecule has 3 fully saturated rings. The highest BCUT2D eigenvalue weighted by Gasteiger charge is 2.43. The number of ether oxygens (including phenoxy) is 2. The van der Waals surface area contributed by atoms with Gasteiger partial charge in [0.05, 0.1) is 24.4 Å². The van der Waals surface area contributed by atoms with E-state index in [9.17, 15) is 16.8 Å². The fraction of sp³-hybridized carbons (Fsp3) is 1.00. The van der Waals surface area contributed by atoms with Crippen LogP contribution in [-0.2, 0) is 29.9 Å². The minimum Gasteiger partial charge on any atom is -0.373 e. The van der Waals surface area contributed by atoms with Crippen molar-refractivity contribution in [2.75, 3.05) is 45.8 Å². The van der Waals surface area contributed by atoms with Crippen LogP contribution in [0.1, 0.15) is 34.6 Å². The molecular weight excluding hydrogens is 420 g/mol. The molecule has 29 heavy (non-hydrogen) atoms. The lowest BCUT2D eigenvalue weighted by Crippen LogP contribution is -2.62. The average Bonchev–Trinajstić information content (AvgIpc) is 2.59. The summed E-state index contributed by atoms with van der Waals surface area (Å²) in [7, 11) is -7.34. The Kier molecular flexibility index (Phi) is 6.96. The SMILES string of the molecule is C[C@@H]1CN(S(=O)(=O)N2CCN(S(=O)(=O)N3C[C@@H](C)O[C@@H](C)C3)[C@@H](C)C2)C[C@@H](C)O1. The Labute approximate surface area is 175 Å².